The zero-order chi connectivity index (χ0) is 12.9. The summed E-state index contributed by atoms with van der Waals surface area (Å²) in [6.07, 6.45) is 0. The molecule has 0 unspecified atom stereocenters. The summed E-state index contributed by atoms with van der Waals surface area (Å²) in [6.45, 7) is 0. The topological polar surface area (TPSA) is 0 Å². The maximum atomic E-state index is 2.24. The van der Waals surface area contributed by atoms with Crippen molar-refractivity contribution in [2.45, 2.75) is 0 Å². The van der Waals surface area contributed by atoms with Crippen LogP contribution in [0.4, 0.5) is 0 Å². The van der Waals surface area contributed by atoms with Gasteiger partial charge in [0.25, 0.3) is 0 Å². The van der Waals surface area contributed by atoms with Crippen molar-refractivity contribution in [3.05, 3.63) is 91.0 Å². The minimum atomic E-state index is -0.877. The summed E-state index contributed by atoms with van der Waals surface area (Å²) >= 11 is 0. The van der Waals surface area contributed by atoms with Crippen molar-refractivity contribution >= 4 is 48.6 Å². The Bertz CT molecular complexity index is 533. The molecule has 3 heteroatoms. The van der Waals surface area contributed by atoms with E-state index in [1.54, 1.807) is 0 Å². The molecule has 0 spiro atoms. The molecule has 0 bridgehead atoms. The quantitative estimate of drug-likeness (QED) is 0.634. The Labute approximate surface area is 139 Å². The first-order valence-electron chi connectivity index (χ1n) is 6.48. The van der Waals surface area contributed by atoms with Crippen molar-refractivity contribution in [1.29, 1.82) is 0 Å². The molecule has 0 aromatic heterocycles. The summed E-state index contributed by atoms with van der Waals surface area (Å²) in [7, 11) is -0.877. The van der Waals surface area contributed by atoms with Crippen molar-refractivity contribution < 1.29 is 0 Å². The average Bonchev–Trinajstić information content (AvgIpc) is 2.51. The van der Waals surface area contributed by atoms with Crippen molar-refractivity contribution in [2.75, 3.05) is 0 Å². The Morgan fingerprint density at radius 3 is 0.857 bits per heavy atom. The summed E-state index contributed by atoms with van der Waals surface area (Å²) in [5, 5.41) is 4.31. The van der Waals surface area contributed by atoms with Crippen molar-refractivity contribution in [2.24, 2.45) is 0 Å². The van der Waals surface area contributed by atoms with Gasteiger partial charge in [0, 0.05) is 0 Å². The number of benzene rings is 3. The summed E-state index contributed by atoms with van der Waals surface area (Å²) in [6, 6.07) is 32.5. The highest BCUT2D eigenvalue weighted by atomic mass is 35.5. The van der Waals surface area contributed by atoms with Crippen LogP contribution in [0.25, 0.3) is 0 Å². The van der Waals surface area contributed by atoms with Crippen LogP contribution in [0.3, 0.4) is 0 Å². The zero-order valence-corrected chi connectivity index (χ0v) is 14.1. The lowest BCUT2D eigenvalue weighted by Crippen LogP contribution is -2.20. The van der Waals surface area contributed by atoms with Crippen LogP contribution < -0.4 is 15.9 Å². The zero-order valence-electron chi connectivity index (χ0n) is 11.5. The molecule has 0 amide bonds. The summed E-state index contributed by atoms with van der Waals surface area (Å²) in [4.78, 5) is 0. The van der Waals surface area contributed by atoms with E-state index in [0.717, 1.165) is 0 Å². The third-order valence-corrected chi connectivity index (χ3v) is 5.92. The molecule has 0 fully saturated rings. The molecule has 0 saturated heterocycles. The number of hydrogen-bond donors (Lipinski definition) is 0. The fourth-order valence-corrected chi connectivity index (χ4v) is 4.89. The van der Waals surface area contributed by atoms with E-state index in [-0.39, 0.29) is 24.8 Å². The van der Waals surface area contributed by atoms with E-state index >= 15 is 0 Å². The standard InChI is InChI=1S/C18H15P.2ClH/c1-4-10-16(11-5-1)19(17-12-6-2-7-13-17)18-14-8-3-9-15-18;;/h1-15H;2*1H/p+1. The Hall–Kier alpha value is -1.33. The van der Waals surface area contributed by atoms with Gasteiger partial charge in [-0.1, -0.05) is 54.6 Å². The van der Waals surface area contributed by atoms with Crippen molar-refractivity contribution in [1.82, 2.24) is 0 Å². The van der Waals surface area contributed by atoms with Crippen LogP contribution in [0, 0.1) is 0 Å². The van der Waals surface area contributed by atoms with Crippen LogP contribution in [0.2, 0.25) is 0 Å². The molecular weight excluding hydrogens is 318 g/mol. The lowest BCUT2D eigenvalue weighted by molar-refractivity contribution is 1.74. The predicted octanol–water partition coefficient (Wildman–Crippen LogP) is 4.02. The second-order valence-corrected chi connectivity index (χ2v) is 6.96. The molecule has 0 saturated carbocycles. The summed E-state index contributed by atoms with van der Waals surface area (Å²) < 4.78 is 0. The third kappa shape index (κ3) is 4.32. The van der Waals surface area contributed by atoms with Gasteiger partial charge in [-0.05, 0) is 36.4 Å². The van der Waals surface area contributed by atoms with Crippen LogP contribution in [0.15, 0.2) is 91.0 Å². The van der Waals surface area contributed by atoms with E-state index in [9.17, 15) is 0 Å². The first-order valence-corrected chi connectivity index (χ1v) is 7.98. The van der Waals surface area contributed by atoms with Crippen LogP contribution in [-0.2, 0) is 0 Å². The van der Waals surface area contributed by atoms with Crippen molar-refractivity contribution in [3.63, 3.8) is 0 Å². The fraction of sp³-hybridized carbons (Fsp3) is 0. The van der Waals surface area contributed by atoms with Gasteiger partial charge in [0.2, 0.25) is 0 Å². The molecule has 0 radical (unpaired) electrons. The van der Waals surface area contributed by atoms with Crippen LogP contribution in [0.5, 0.6) is 0 Å². The lowest BCUT2D eigenvalue weighted by Gasteiger charge is -2.10. The number of halogens is 2. The minimum absolute atomic E-state index is 0. The van der Waals surface area contributed by atoms with Gasteiger partial charge in [0.05, 0.1) is 7.92 Å². The first-order chi connectivity index (χ1) is 9.45. The highest BCUT2D eigenvalue weighted by Crippen LogP contribution is 2.32. The molecule has 108 valence electrons. The van der Waals surface area contributed by atoms with Crippen molar-refractivity contribution in [3.8, 4) is 0 Å². The third-order valence-electron chi connectivity index (χ3n) is 3.19. The Morgan fingerprint density at radius 1 is 0.381 bits per heavy atom. The van der Waals surface area contributed by atoms with Gasteiger partial charge < -0.3 is 0 Å². The van der Waals surface area contributed by atoms with E-state index in [0.29, 0.717) is 0 Å². The molecule has 0 N–H and O–H groups in total. The molecule has 0 aliphatic rings. The predicted molar refractivity (Wildman–Crippen MR) is 101 cm³/mol. The van der Waals surface area contributed by atoms with Crippen LogP contribution in [-0.4, -0.2) is 0 Å². The van der Waals surface area contributed by atoms with Gasteiger partial charge in [-0.3, -0.25) is 0 Å². The second-order valence-electron chi connectivity index (χ2n) is 4.47. The van der Waals surface area contributed by atoms with Crippen LogP contribution in [0.1, 0.15) is 0 Å². The Balaban J connectivity index is 0.00000110. The van der Waals surface area contributed by atoms with Gasteiger partial charge in [0.15, 0.2) is 0 Å². The maximum Gasteiger partial charge on any atom is 0.102 e. The Morgan fingerprint density at radius 2 is 0.619 bits per heavy atom. The smallest absolute Gasteiger partial charge is 0.102 e. The van der Waals surface area contributed by atoms with E-state index in [1.807, 2.05) is 0 Å². The number of hydrogen-bond acceptors (Lipinski definition) is 0. The van der Waals surface area contributed by atoms with Gasteiger partial charge in [-0.15, -0.1) is 24.8 Å². The van der Waals surface area contributed by atoms with Crippen LogP contribution >= 0.6 is 32.7 Å². The molecule has 21 heavy (non-hydrogen) atoms. The first kappa shape index (κ1) is 17.7. The highest BCUT2D eigenvalue weighted by molar-refractivity contribution is 7.79. The van der Waals surface area contributed by atoms with Gasteiger partial charge in [0.1, 0.15) is 15.9 Å². The lowest BCUT2D eigenvalue weighted by atomic mass is 10.4. The molecule has 0 aliphatic carbocycles. The monoisotopic (exact) mass is 335 g/mol. The van der Waals surface area contributed by atoms with E-state index in [2.05, 4.69) is 91.0 Å². The summed E-state index contributed by atoms with van der Waals surface area (Å²) in [5.41, 5.74) is 0. The molecule has 3 aromatic carbocycles. The fourth-order valence-electron chi connectivity index (χ4n) is 2.31. The minimum Gasteiger partial charge on any atom is -0.147 e. The van der Waals surface area contributed by atoms with E-state index < -0.39 is 7.92 Å². The van der Waals surface area contributed by atoms with E-state index in [1.165, 1.54) is 15.9 Å². The molecule has 0 aliphatic heterocycles. The second kappa shape index (κ2) is 8.85. The molecular formula is C18H18Cl2P+. The molecule has 3 rings (SSSR count). The van der Waals surface area contributed by atoms with Gasteiger partial charge in [-0.2, -0.15) is 0 Å². The average molecular weight is 336 g/mol. The molecule has 3 aromatic rings. The largest absolute Gasteiger partial charge is 0.147 e. The Kier molecular flexibility index (Phi) is 7.47. The molecule has 0 nitrogen and oxygen atoms in total. The SMILES string of the molecule is Cl.Cl.c1ccc([PH+](c2ccccc2)c2ccccc2)cc1. The van der Waals surface area contributed by atoms with Gasteiger partial charge in [-0.25, -0.2) is 0 Å². The molecule has 0 heterocycles. The van der Waals surface area contributed by atoms with E-state index in [4.69, 9.17) is 0 Å². The highest BCUT2D eigenvalue weighted by Gasteiger charge is 2.24. The maximum absolute atomic E-state index is 2.24. The van der Waals surface area contributed by atoms with Gasteiger partial charge >= 0.3 is 0 Å². The normalized spacial score (nSPS) is 9.57. The molecule has 0 atom stereocenters. The number of rotatable bonds is 3. The summed E-state index contributed by atoms with van der Waals surface area (Å²) in [5.74, 6) is 0.